The van der Waals surface area contributed by atoms with Crippen molar-refractivity contribution in [3.8, 4) is 0 Å². The van der Waals surface area contributed by atoms with Crippen molar-refractivity contribution >= 4 is 30.1 Å². The highest BCUT2D eigenvalue weighted by Gasteiger charge is 2.30. The molecular formula is C9H17ClN2O3S. The van der Waals surface area contributed by atoms with Crippen molar-refractivity contribution in [3.05, 3.63) is 0 Å². The van der Waals surface area contributed by atoms with Gasteiger partial charge in [-0.15, -0.1) is 24.2 Å². The Labute approximate surface area is 105 Å². The molecule has 0 bridgehead atoms. The molecule has 2 aliphatic rings. The highest BCUT2D eigenvalue weighted by Crippen LogP contribution is 2.14. The largest absolute Gasteiger partial charge is 0.394 e. The number of nitrogens with one attached hydrogen (secondary N) is 1. The molecule has 0 aromatic rings. The molecule has 2 saturated heterocycles. The maximum atomic E-state index is 12.0. The zero-order chi connectivity index (χ0) is 10.7. The van der Waals surface area contributed by atoms with E-state index in [1.54, 1.807) is 16.7 Å². The van der Waals surface area contributed by atoms with Gasteiger partial charge in [0.2, 0.25) is 5.91 Å². The minimum Gasteiger partial charge on any atom is -0.394 e. The number of aliphatic hydroxyl groups excluding tert-OH is 1. The third-order valence-electron chi connectivity index (χ3n) is 2.67. The first-order valence-electron chi connectivity index (χ1n) is 5.13. The van der Waals surface area contributed by atoms with Crippen LogP contribution in [0.25, 0.3) is 0 Å². The number of thioether (sulfide) groups is 1. The average Bonchev–Trinajstić information content (AvgIpc) is 2.81. The smallest absolute Gasteiger partial charge is 0.240 e. The molecule has 2 aliphatic heterocycles. The number of nitrogens with zero attached hydrogens (tertiary/aromatic N) is 1. The fourth-order valence-electron chi connectivity index (χ4n) is 1.80. The first-order chi connectivity index (χ1) is 7.31. The Hall–Kier alpha value is -0.0100. The van der Waals surface area contributed by atoms with Gasteiger partial charge in [-0.3, -0.25) is 10.1 Å². The minimum absolute atomic E-state index is 0. The number of ether oxygens (including phenoxy) is 1. The van der Waals surface area contributed by atoms with E-state index in [1.807, 2.05) is 0 Å². The van der Waals surface area contributed by atoms with E-state index in [4.69, 9.17) is 9.84 Å². The summed E-state index contributed by atoms with van der Waals surface area (Å²) in [6.45, 7) is 1.66. The molecule has 5 nitrogen and oxygen atoms in total. The van der Waals surface area contributed by atoms with Gasteiger partial charge in [-0.2, -0.15) is 0 Å². The van der Waals surface area contributed by atoms with Crippen molar-refractivity contribution in [2.45, 2.75) is 12.1 Å². The molecule has 0 aromatic carbocycles. The molecule has 1 amide bonds. The summed E-state index contributed by atoms with van der Waals surface area (Å²) in [6, 6.07) is -0.0487. The fraction of sp³-hybridized carbons (Fsp3) is 0.889. The Balaban J connectivity index is 0.00000128. The molecule has 0 aliphatic carbocycles. The number of rotatable bonds is 2. The summed E-state index contributed by atoms with van der Waals surface area (Å²) in [5.74, 6) is 1.84. The number of hydrogen-bond acceptors (Lipinski definition) is 5. The topological polar surface area (TPSA) is 61.8 Å². The number of morpholine rings is 1. The normalized spacial score (nSPS) is 29.9. The van der Waals surface area contributed by atoms with Gasteiger partial charge in [0.05, 0.1) is 25.4 Å². The summed E-state index contributed by atoms with van der Waals surface area (Å²) < 4.78 is 5.30. The lowest BCUT2D eigenvalue weighted by Crippen LogP contribution is -2.52. The Morgan fingerprint density at radius 3 is 3.06 bits per heavy atom. The summed E-state index contributed by atoms with van der Waals surface area (Å²) in [5, 5.41) is 12.1. The Morgan fingerprint density at radius 2 is 2.44 bits per heavy atom. The molecule has 1 unspecified atom stereocenters. The molecule has 2 fully saturated rings. The third-order valence-corrected chi connectivity index (χ3v) is 3.61. The molecule has 16 heavy (non-hydrogen) atoms. The summed E-state index contributed by atoms with van der Waals surface area (Å²) >= 11 is 1.74. The van der Waals surface area contributed by atoms with Gasteiger partial charge >= 0.3 is 0 Å². The molecular weight excluding hydrogens is 252 g/mol. The average molecular weight is 269 g/mol. The van der Waals surface area contributed by atoms with Crippen molar-refractivity contribution in [3.63, 3.8) is 0 Å². The van der Waals surface area contributed by atoms with E-state index in [1.165, 1.54) is 0 Å². The predicted molar refractivity (Wildman–Crippen MR) is 64.9 cm³/mol. The summed E-state index contributed by atoms with van der Waals surface area (Å²) in [5.41, 5.74) is 0. The van der Waals surface area contributed by atoms with Crippen LogP contribution in [0.2, 0.25) is 0 Å². The Bertz CT molecular complexity index is 239. The lowest BCUT2D eigenvalue weighted by Gasteiger charge is -2.33. The van der Waals surface area contributed by atoms with Gasteiger partial charge < -0.3 is 14.7 Å². The van der Waals surface area contributed by atoms with E-state index in [0.29, 0.717) is 19.7 Å². The zero-order valence-corrected chi connectivity index (χ0v) is 10.6. The van der Waals surface area contributed by atoms with Crippen LogP contribution in [0.1, 0.15) is 0 Å². The maximum Gasteiger partial charge on any atom is 0.240 e. The summed E-state index contributed by atoms with van der Waals surface area (Å²) in [7, 11) is 0. The van der Waals surface area contributed by atoms with Crippen molar-refractivity contribution < 1.29 is 14.6 Å². The molecule has 94 valence electrons. The number of carbonyl (C=O) groups is 1. The monoisotopic (exact) mass is 268 g/mol. The van der Waals surface area contributed by atoms with E-state index in [9.17, 15) is 4.79 Å². The van der Waals surface area contributed by atoms with Crippen LogP contribution in [0.3, 0.4) is 0 Å². The molecule has 0 aromatic heterocycles. The Kier molecular flexibility index (Phi) is 5.85. The van der Waals surface area contributed by atoms with Gasteiger partial charge in [0.25, 0.3) is 0 Å². The van der Waals surface area contributed by atoms with Crippen LogP contribution in [0.5, 0.6) is 0 Å². The van der Waals surface area contributed by atoms with E-state index in [-0.39, 0.29) is 37.1 Å². The lowest BCUT2D eigenvalue weighted by atomic mass is 10.2. The van der Waals surface area contributed by atoms with Crippen LogP contribution in [-0.2, 0) is 9.53 Å². The first-order valence-corrected chi connectivity index (χ1v) is 6.29. The molecule has 2 heterocycles. The van der Waals surface area contributed by atoms with Crippen LogP contribution >= 0.6 is 24.2 Å². The number of hydrogen-bond donors (Lipinski definition) is 2. The van der Waals surface area contributed by atoms with E-state index >= 15 is 0 Å². The van der Waals surface area contributed by atoms with Crippen LogP contribution in [0.15, 0.2) is 0 Å². The first kappa shape index (κ1) is 14.1. The third kappa shape index (κ3) is 3.24. The standard InChI is InChI=1S/C9H16N2O3S.ClH/c12-4-7-3-11(1-2-14-7)9(13)8-5-15-6-10-8;/h7-8,10,12H,1-6H2;1H/t7?,8-;/m1./s1. The quantitative estimate of drug-likeness (QED) is 0.693. The number of amides is 1. The second kappa shape index (κ2) is 6.66. The van der Waals surface area contributed by atoms with Gasteiger partial charge in [-0.1, -0.05) is 0 Å². The van der Waals surface area contributed by atoms with Gasteiger partial charge in [0.1, 0.15) is 0 Å². The van der Waals surface area contributed by atoms with Crippen LogP contribution in [0.4, 0.5) is 0 Å². The molecule has 0 radical (unpaired) electrons. The van der Waals surface area contributed by atoms with Crippen molar-refractivity contribution in [1.82, 2.24) is 10.2 Å². The fourth-order valence-corrected chi connectivity index (χ4v) is 2.74. The van der Waals surface area contributed by atoms with Gasteiger partial charge in [0.15, 0.2) is 0 Å². The molecule has 2 atom stereocenters. The van der Waals surface area contributed by atoms with E-state index < -0.39 is 0 Å². The van der Waals surface area contributed by atoms with Crippen molar-refractivity contribution in [2.75, 3.05) is 37.9 Å². The Morgan fingerprint density at radius 1 is 1.62 bits per heavy atom. The predicted octanol–water partition coefficient (Wildman–Crippen LogP) is -0.710. The molecule has 0 saturated carbocycles. The molecule has 7 heteroatoms. The highest BCUT2D eigenvalue weighted by atomic mass is 35.5. The van der Waals surface area contributed by atoms with E-state index in [2.05, 4.69) is 5.32 Å². The number of halogens is 1. The van der Waals surface area contributed by atoms with Crippen molar-refractivity contribution in [1.29, 1.82) is 0 Å². The van der Waals surface area contributed by atoms with E-state index in [0.717, 1.165) is 11.6 Å². The SMILES string of the molecule is Cl.O=C([C@H]1CSCN1)N1CCOC(CO)C1. The zero-order valence-electron chi connectivity index (χ0n) is 8.92. The molecule has 2 rings (SSSR count). The highest BCUT2D eigenvalue weighted by molar-refractivity contribution is 7.99. The maximum absolute atomic E-state index is 12.0. The summed E-state index contributed by atoms with van der Waals surface area (Å²) in [4.78, 5) is 13.8. The van der Waals surface area contributed by atoms with Crippen LogP contribution in [-0.4, -0.2) is 66.0 Å². The second-order valence-corrected chi connectivity index (χ2v) is 4.76. The molecule has 0 spiro atoms. The number of carbonyl (C=O) groups excluding carboxylic acids is 1. The van der Waals surface area contributed by atoms with Gasteiger partial charge in [0, 0.05) is 24.7 Å². The van der Waals surface area contributed by atoms with Crippen LogP contribution in [0, 0.1) is 0 Å². The molecule has 2 N–H and O–H groups in total. The minimum atomic E-state index is -0.211. The van der Waals surface area contributed by atoms with Crippen molar-refractivity contribution in [2.24, 2.45) is 0 Å². The van der Waals surface area contributed by atoms with Gasteiger partial charge in [-0.25, -0.2) is 0 Å². The van der Waals surface area contributed by atoms with Gasteiger partial charge in [-0.05, 0) is 0 Å². The lowest BCUT2D eigenvalue weighted by molar-refractivity contribution is -0.141. The van der Waals surface area contributed by atoms with Crippen LogP contribution < -0.4 is 5.32 Å². The number of aliphatic hydroxyl groups is 1. The summed E-state index contributed by atoms with van der Waals surface area (Å²) in [6.07, 6.45) is -0.211. The second-order valence-electron chi connectivity index (χ2n) is 3.73.